The van der Waals surface area contributed by atoms with Crippen LogP contribution in [0.15, 0.2) is 48.7 Å². The third-order valence-electron chi connectivity index (χ3n) is 5.98. The van der Waals surface area contributed by atoms with Crippen molar-refractivity contribution >= 4 is 11.9 Å². The Kier molecular flexibility index (Phi) is 6.74. The fourth-order valence-electron chi connectivity index (χ4n) is 3.98. The summed E-state index contributed by atoms with van der Waals surface area (Å²) in [4.78, 5) is 24.4. The van der Waals surface area contributed by atoms with Crippen LogP contribution in [0.1, 0.15) is 49.2 Å². The zero-order valence-corrected chi connectivity index (χ0v) is 20.3. The topological polar surface area (TPSA) is 156 Å². The monoisotopic (exact) mass is 482 g/mol. The Hall–Kier alpha value is -4.65. The number of nitrogens with zero attached hydrogens (tertiary/aromatic N) is 7. The molecular weight excluding hydrogens is 456 g/mol. The van der Waals surface area contributed by atoms with Gasteiger partial charge in [0.05, 0.1) is 41.5 Å². The molecule has 3 heterocycles. The summed E-state index contributed by atoms with van der Waals surface area (Å²) in [5, 5.41) is 27.1. The number of aryl methyl sites for hydroxylation is 1. The predicted octanol–water partition coefficient (Wildman–Crippen LogP) is 3.75. The molecule has 0 aliphatic carbocycles. The van der Waals surface area contributed by atoms with Crippen LogP contribution in [0.3, 0.4) is 0 Å². The molecule has 1 aromatic carbocycles. The first-order valence-corrected chi connectivity index (χ1v) is 11.4. The number of carboxylic acids is 1. The van der Waals surface area contributed by atoms with E-state index in [0.717, 1.165) is 17.0 Å². The van der Waals surface area contributed by atoms with Crippen LogP contribution in [-0.2, 0) is 16.8 Å². The summed E-state index contributed by atoms with van der Waals surface area (Å²) in [5.41, 5.74) is 10.9. The Morgan fingerprint density at radius 1 is 1.11 bits per heavy atom. The van der Waals surface area contributed by atoms with E-state index in [1.165, 1.54) is 0 Å². The molecule has 0 fully saturated rings. The van der Waals surface area contributed by atoms with Gasteiger partial charge in [-0.1, -0.05) is 37.3 Å². The van der Waals surface area contributed by atoms with Crippen molar-refractivity contribution in [3.63, 3.8) is 0 Å². The Labute approximate surface area is 208 Å². The van der Waals surface area contributed by atoms with Gasteiger partial charge in [-0.05, 0) is 43.2 Å². The van der Waals surface area contributed by atoms with E-state index >= 15 is 0 Å². The van der Waals surface area contributed by atoms with Crippen molar-refractivity contribution in [3.05, 3.63) is 71.2 Å². The second kappa shape index (κ2) is 9.92. The minimum atomic E-state index is -0.825. The predicted molar refractivity (Wildman–Crippen MR) is 134 cm³/mol. The maximum absolute atomic E-state index is 11.0. The highest BCUT2D eigenvalue weighted by molar-refractivity contribution is 5.74. The van der Waals surface area contributed by atoms with Crippen molar-refractivity contribution in [3.8, 4) is 28.7 Å². The molecule has 0 radical (unpaired) electrons. The van der Waals surface area contributed by atoms with Gasteiger partial charge in [-0.15, -0.1) is 5.10 Å². The first-order chi connectivity index (χ1) is 17.2. The maximum Gasteiger partial charge on any atom is 0.303 e. The largest absolute Gasteiger partial charge is 0.481 e. The van der Waals surface area contributed by atoms with Crippen molar-refractivity contribution in [1.29, 1.82) is 5.26 Å². The summed E-state index contributed by atoms with van der Waals surface area (Å²) in [5.74, 6) is -0.753. The van der Waals surface area contributed by atoms with Gasteiger partial charge in [0.1, 0.15) is 5.69 Å². The molecular formula is C26H26N8O2. The molecule has 0 aliphatic heterocycles. The Morgan fingerprint density at radius 2 is 1.86 bits per heavy atom. The van der Waals surface area contributed by atoms with E-state index in [1.54, 1.807) is 23.0 Å². The smallest absolute Gasteiger partial charge is 0.303 e. The average Bonchev–Trinajstić information content (AvgIpc) is 3.31. The van der Waals surface area contributed by atoms with E-state index in [-0.39, 0.29) is 17.8 Å². The summed E-state index contributed by atoms with van der Waals surface area (Å²) in [6, 6.07) is 15.1. The fraction of sp³-hybridized carbons (Fsp3) is 0.269. The lowest BCUT2D eigenvalue weighted by atomic mass is 9.84. The van der Waals surface area contributed by atoms with Crippen molar-refractivity contribution in [2.75, 3.05) is 5.73 Å². The summed E-state index contributed by atoms with van der Waals surface area (Å²) < 4.78 is 1.65. The molecule has 3 N–H and O–H groups in total. The lowest BCUT2D eigenvalue weighted by Crippen LogP contribution is -2.21. The second-order valence-electron chi connectivity index (χ2n) is 9.20. The molecule has 0 saturated carbocycles. The molecule has 0 aliphatic rings. The normalized spacial score (nSPS) is 11.3. The van der Waals surface area contributed by atoms with Crippen LogP contribution in [0.5, 0.6) is 0 Å². The van der Waals surface area contributed by atoms with Crippen molar-refractivity contribution in [2.45, 2.75) is 45.6 Å². The first-order valence-electron chi connectivity index (χ1n) is 11.4. The molecule has 0 bridgehead atoms. The molecule has 0 unspecified atom stereocenters. The summed E-state index contributed by atoms with van der Waals surface area (Å²) in [6.45, 7) is 6.26. The number of rotatable bonds is 8. The highest BCUT2D eigenvalue weighted by atomic mass is 16.4. The van der Waals surface area contributed by atoms with E-state index in [4.69, 9.17) is 15.8 Å². The van der Waals surface area contributed by atoms with Crippen LogP contribution in [0.4, 0.5) is 5.95 Å². The third-order valence-corrected chi connectivity index (χ3v) is 5.98. The van der Waals surface area contributed by atoms with E-state index < -0.39 is 5.97 Å². The molecule has 182 valence electrons. The lowest BCUT2D eigenvalue weighted by Gasteiger charge is -2.23. The lowest BCUT2D eigenvalue weighted by molar-refractivity contribution is -0.137. The van der Waals surface area contributed by atoms with Crippen LogP contribution in [0.25, 0.3) is 22.6 Å². The average molecular weight is 483 g/mol. The third kappa shape index (κ3) is 5.36. The van der Waals surface area contributed by atoms with Gasteiger partial charge in [-0.2, -0.15) is 5.26 Å². The number of nitrogens with two attached hydrogens (primary N) is 1. The van der Waals surface area contributed by atoms with Gasteiger partial charge >= 0.3 is 5.97 Å². The minimum Gasteiger partial charge on any atom is -0.481 e. The molecule has 0 atom stereocenters. The minimum absolute atomic E-state index is 0.0714. The number of carbonyl (C=O) groups is 1. The van der Waals surface area contributed by atoms with Gasteiger partial charge in [0, 0.05) is 23.1 Å². The van der Waals surface area contributed by atoms with Gasteiger partial charge < -0.3 is 10.8 Å². The maximum atomic E-state index is 11.0. The molecule has 0 spiro atoms. The highest BCUT2D eigenvalue weighted by Crippen LogP contribution is 2.29. The summed E-state index contributed by atoms with van der Waals surface area (Å²) in [6.07, 6.45) is 2.31. The number of nitriles is 1. The molecule has 4 aromatic rings. The second-order valence-corrected chi connectivity index (χ2v) is 9.20. The first kappa shape index (κ1) is 24.5. The summed E-state index contributed by atoms with van der Waals surface area (Å²) in [7, 11) is 0. The van der Waals surface area contributed by atoms with Crippen molar-refractivity contribution in [2.24, 2.45) is 0 Å². The molecule has 0 saturated heterocycles. The van der Waals surface area contributed by atoms with E-state index in [0.29, 0.717) is 41.2 Å². The zero-order chi connectivity index (χ0) is 25.9. The van der Waals surface area contributed by atoms with Gasteiger partial charge in [0.15, 0.2) is 0 Å². The van der Waals surface area contributed by atoms with Crippen molar-refractivity contribution in [1.82, 2.24) is 29.9 Å². The summed E-state index contributed by atoms with van der Waals surface area (Å²) >= 11 is 0. The number of pyridine rings is 1. The van der Waals surface area contributed by atoms with Crippen LogP contribution in [0.2, 0.25) is 0 Å². The molecule has 3 aromatic heterocycles. The number of nitrogen functional groups attached to an aromatic ring is 1. The molecule has 0 amide bonds. The molecule has 10 heteroatoms. The van der Waals surface area contributed by atoms with Gasteiger partial charge in [0.25, 0.3) is 0 Å². The van der Waals surface area contributed by atoms with E-state index in [9.17, 15) is 10.1 Å². The number of hydrogen-bond acceptors (Lipinski definition) is 8. The van der Waals surface area contributed by atoms with Crippen LogP contribution < -0.4 is 5.73 Å². The van der Waals surface area contributed by atoms with Gasteiger partial charge in [-0.25, -0.2) is 14.6 Å². The van der Waals surface area contributed by atoms with E-state index in [1.807, 2.05) is 51.1 Å². The molecule has 36 heavy (non-hydrogen) atoms. The number of anilines is 1. The number of hydrogen-bond donors (Lipinski definition) is 2. The fourth-order valence-corrected chi connectivity index (χ4v) is 3.98. The number of aromatic nitrogens is 6. The Balaban J connectivity index is 1.60. The molecule has 4 rings (SSSR count). The number of benzene rings is 1. The molecule has 10 nitrogen and oxygen atoms in total. The van der Waals surface area contributed by atoms with Crippen molar-refractivity contribution < 1.29 is 9.90 Å². The van der Waals surface area contributed by atoms with Gasteiger partial charge in [0.2, 0.25) is 5.95 Å². The zero-order valence-electron chi connectivity index (χ0n) is 20.3. The van der Waals surface area contributed by atoms with Crippen LogP contribution in [0, 0.1) is 18.3 Å². The SMILES string of the molecule is Cc1cccc(C#N)c1-c1cc(-c2cn(Cc3cccc(C(C)(C)CCC(=O)O)n3)nn2)nc(N)n1. The quantitative estimate of drug-likeness (QED) is 0.381. The Morgan fingerprint density at radius 3 is 2.61 bits per heavy atom. The van der Waals surface area contributed by atoms with Gasteiger partial charge in [-0.3, -0.25) is 9.78 Å². The number of aliphatic carboxylic acids is 1. The van der Waals surface area contributed by atoms with Crippen LogP contribution in [-0.4, -0.2) is 41.0 Å². The standard InChI is InChI=1S/C26H26N8O2/c1-16-6-4-7-17(13-27)24(16)20-12-19(30-25(28)31-20)21-15-34(33-32-21)14-18-8-5-9-22(29-18)26(2,3)11-10-23(35)36/h4-9,12,15H,10-11,14H2,1-3H3,(H,35,36)(H2,28,30,31). The van der Waals surface area contributed by atoms with Crippen LogP contribution >= 0.6 is 0 Å². The highest BCUT2D eigenvalue weighted by Gasteiger charge is 2.23. The van der Waals surface area contributed by atoms with E-state index in [2.05, 4.69) is 26.3 Å². The number of carboxylic acid groups (broad SMARTS) is 1. The Bertz CT molecular complexity index is 1470.